The standard InChI is InChI=1S/C30H41BrN6O6/c1-18(28(38)42-7)33-16-21-10-8-20(17-37(21)29(39)43-30(2,3)4)27-35-25(31)24-26(32-12-13-36(24)27)34-15-19-9-11-22(40-5)14-23(19)41-6/h9,11-14,18,20-21,33H,8,10,15-17H2,1-7H3,(H,32,34)/t18-,20-,21+/m1/s1. The largest absolute Gasteiger partial charge is 0.497 e. The van der Waals surface area contributed by atoms with E-state index in [0.717, 1.165) is 23.3 Å². The molecule has 0 bridgehead atoms. The number of methoxy groups -OCH3 is 3. The topological polar surface area (TPSA) is 129 Å². The molecule has 3 aromatic rings. The molecule has 1 amide bonds. The highest BCUT2D eigenvalue weighted by Gasteiger charge is 2.37. The van der Waals surface area contributed by atoms with Crippen LogP contribution >= 0.6 is 15.9 Å². The summed E-state index contributed by atoms with van der Waals surface area (Å²) in [6, 6.07) is 5.03. The summed E-state index contributed by atoms with van der Waals surface area (Å²) in [5.41, 5.74) is 1.09. The highest BCUT2D eigenvalue weighted by Crippen LogP contribution is 2.35. The zero-order valence-corrected chi connectivity index (χ0v) is 27.4. The van der Waals surface area contributed by atoms with Gasteiger partial charge in [0.15, 0.2) is 5.82 Å². The highest BCUT2D eigenvalue weighted by atomic mass is 79.9. The van der Waals surface area contributed by atoms with Gasteiger partial charge in [0.2, 0.25) is 0 Å². The Labute approximate surface area is 260 Å². The van der Waals surface area contributed by atoms with Crippen LogP contribution in [-0.2, 0) is 20.8 Å². The second-order valence-corrected chi connectivity index (χ2v) is 12.3. The summed E-state index contributed by atoms with van der Waals surface area (Å²) in [5.74, 6) is 2.49. The summed E-state index contributed by atoms with van der Waals surface area (Å²) in [4.78, 5) is 36.6. The van der Waals surface area contributed by atoms with E-state index in [1.807, 2.05) is 49.6 Å². The average molecular weight is 662 g/mol. The molecule has 0 radical (unpaired) electrons. The molecule has 1 aliphatic heterocycles. The Morgan fingerprint density at radius 2 is 1.93 bits per heavy atom. The monoisotopic (exact) mass is 660 g/mol. The van der Waals surface area contributed by atoms with Crippen LogP contribution in [0.25, 0.3) is 5.52 Å². The van der Waals surface area contributed by atoms with Gasteiger partial charge in [-0.05, 0) is 68.6 Å². The van der Waals surface area contributed by atoms with Gasteiger partial charge < -0.3 is 34.5 Å². The Bertz CT molecular complexity index is 1440. The summed E-state index contributed by atoms with van der Waals surface area (Å²) in [5, 5.41) is 6.62. The van der Waals surface area contributed by atoms with Crippen molar-refractivity contribution in [1.29, 1.82) is 0 Å². The second-order valence-electron chi connectivity index (χ2n) is 11.5. The number of aromatic nitrogens is 3. The van der Waals surface area contributed by atoms with Crippen molar-refractivity contribution in [2.24, 2.45) is 0 Å². The number of esters is 1. The first-order valence-electron chi connectivity index (χ1n) is 14.2. The third-order valence-corrected chi connectivity index (χ3v) is 7.95. The van der Waals surface area contributed by atoms with Crippen LogP contribution in [0.5, 0.6) is 11.5 Å². The first kappa shape index (κ1) is 32.3. The molecule has 43 heavy (non-hydrogen) atoms. The number of nitrogens with one attached hydrogen (secondary N) is 2. The number of nitrogens with zero attached hydrogens (tertiary/aromatic N) is 4. The molecule has 2 N–H and O–H groups in total. The number of imidazole rings is 1. The number of anilines is 1. The van der Waals surface area contributed by atoms with Crippen LogP contribution in [0.3, 0.4) is 0 Å². The van der Waals surface area contributed by atoms with E-state index in [2.05, 4.69) is 31.5 Å². The molecule has 234 valence electrons. The predicted molar refractivity (Wildman–Crippen MR) is 166 cm³/mol. The molecule has 3 atom stereocenters. The number of hydrogen-bond donors (Lipinski definition) is 2. The molecule has 12 nitrogen and oxygen atoms in total. The van der Waals surface area contributed by atoms with Crippen LogP contribution in [-0.4, -0.2) is 83.4 Å². The van der Waals surface area contributed by atoms with Crippen molar-refractivity contribution in [3.8, 4) is 11.5 Å². The number of carbonyl (C=O) groups is 2. The van der Waals surface area contributed by atoms with E-state index in [0.29, 0.717) is 48.0 Å². The van der Waals surface area contributed by atoms with Crippen LogP contribution in [0, 0.1) is 0 Å². The number of hydrogen-bond acceptors (Lipinski definition) is 10. The molecule has 1 aliphatic rings. The predicted octanol–water partition coefficient (Wildman–Crippen LogP) is 4.76. The summed E-state index contributed by atoms with van der Waals surface area (Å²) >= 11 is 3.65. The lowest BCUT2D eigenvalue weighted by atomic mass is 9.92. The zero-order chi connectivity index (χ0) is 31.3. The summed E-state index contributed by atoms with van der Waals surface area (Å²) < 4.78 is 24.1. The lowest BCUT2D eigenvalue weighted by Gasteiger charge is -2.40. The highest BCUT2D eigenvalue weighted by molar-refractivity contribution is 9.10. The van der Waals surface area contributed by atoms with Crippen molar-refractivity contribution >= 4 is 39.3 Å². The minimum atomic E-state index is -0.650. The Morgan fingerprint density at radius 1 is 1.16 bits per heavy atom. The van der Waals surface area contributed by atoms with Crippen molar-refractivity contribution < 1.29 is 28.5 Å². The van der Waals surface area contributed by atoms with E-state index in [1.54, 1.807) is 32.2 Å². The van der Waals surface area contributed by atoms with Crippen molar-refractivity contribution in [3.63, 3.8) is 0 Å². The Morgan fingerprint density at radius 3 is 2.60 bits per heavy atom. The molecule has 0 unspecified atom stereocenters. The van der Waals surface area contributed by atoms with E-state index in [9.17, 15) is 9.59 Å². The van der Waals surface area contributed by atoms with Gasteiger partial charge in [0.1, 0.15) is 39.1 Å². The van der Waals surface area contributed by atoms with Crippen LogP contribution in [0.15, 0.2) is 35.2 Å². The Hall–Kier alpha value is -3.58. The average Bonchev–Trinajstić information content (AvgIpc) is 3.34. The van der Waals surface area contributed by atoms with Gasteiger partial charge >= 0.3 is 12.1 Å². The summed E-state index contributed by atoms with van der Waals surface area (Å²) in [7, 11) is 4.61. The fourth-order valence-corrected chi connectivity index (χ4v) is 5.74. The fraction of sp³-hybridized carbons (Fsp3) is 0.533. The fourth-order valence-electron chi connectivity index (χ4n) is 5.18. The van der Waals surface area contributed by atoms with Gasteiger partial charge in [0, 0.05) is 55.6 Å². The molecular weight excluding hydrogens is 620 g/mol. The van der Waals surface area contributed by atoms with Crippen LogP contribution < -0.4 is 20.1 Å². The first-order chi connectivity index (χ1) is 20.4. The van der Waals surface area contributed by atoms with Crippen LogP contribution in [0.1, 0.15) is 57.8 Å². The van der Waals surface area contributed by atoms with E-state index in [-0.39, 0.29) is 17.9 Å². The van der Waals surface area contributed by atoms with Crippen LogP contribution in [0.2, 0.25) is 0 Å². The van der Waals surface area contributed by atoms with Gasteiger partial charge in [-0.15, -0.1) is 0 Å². The second kappa shape index (κ2) is 13.8. The molecule has 1 aromatic carbocycles. The molecule has 1 fully saturated rings. The van der Waals surface area contributed by atoms with E-state index >= 15 is 0 Å². The van der Waals surface area contributed by atoms with E-state index < -0.39 is 17.7 Å². The number of ether oxygens (including phenoxy) is 4. The van der Waals surface area contributed by atoms with Crippen molar-refractivity contribution in [2.75, 3.05) is 39.7 Å². The molecule has 0 aliphatic carbocycles. The van der Waals surface area contributed by atoms with Crippen molar-refractivity contribution in [1.82, 2.24) is 24.6 Å². The van der Waals surface area contributed by atoms with Gasteiger partial charge in [0.25, 0.3) is 0 Å². The quantitative estimate of drug-likeness (QED) is 0.294. The van der Waals surface area contributed by atoms with Gasteiger partial charge in [-0.25, -0.2) is 14.8 Å². The molecule has 13 heteroatoms. The molecule has 1 saturated heterocycles. The molecule has 0 spiro atoms. The Kier molecular flexibility index (Phi) is 10.4. The van der Waals surface area contributed by atoms with E-state index in [1.165, 1.54) is 7.11 Å². The smallest absolute Gasteiger partial charge is 0.410 e. The van der Waals surface area contributed by atoms with E-state index in [4.69, 9.17) is 23.9 Å². The number of likely N-dealkylation sites (tertiary alicyclic amines) is 1. The minimum Gasteiger partial charge on any atom is -0.497 e. The third kappa shape index (κ3) is 7.69. The normalized spacial score (nSPS) is 17.8. The van der Waals surface area contributed by atoms with Crippen molar-refractivity contribution in [3.05, 3.63) is 46.6 Å². The van der Waals surface area contributed by atoms with Gasteiger partial charge in [-0.3, -0.25) is 9.20 Å². The maximum absolute atomic E-state index is 13.4. The lowest BCUT2D eigenvalue weighted by molar-refractivity contribution is -0.142. The SMILES string of the molecule is COC(=O)[C@@H](C)NC[C@@H]1CC[C@@H](c2nc(Br)c3c(NCc4ccc(OC)cc4OC)nccn23)CN1C(=O)OC(C)(C)C. The number of amides is 1. The lowest BCUT2D eigenvalue weighted by Crippen LogP contribution is -2.53. The van der Waals surface area contributed by atoms with Crippen LogP contribution in [0.4, 0.5) is 10.6 Å². The molecule has 3 heterocycles. The number of piperidine rings is 1. The van der Waals surface area contributed by atoms with Gasteiger partial charge in [-0.2, -0.15) is 0 Å². The van der Waals surface area contributed by atoms with Crippen molar-refractivity contribution in [2.45, 2.75) is 70.7 Å². The summed E-state index contributed by atoms with van der Waals surface area (Å²) in [6.45, 7) is 8.60. The summed E-state index contributed by atoms with van der Waals surface area (Å²) in [6.07, 6.45) is 4.70. The maximum atomic E-state index is 13.4. The number of rotatable bonds is 10. The number of halogens is 1. The number of fused-ring (bicyclic) bond motifs is 1. The van der Waals surface area contributed by atoms with Gasteiger partial charge in [0.05, 0.1) is 21.3 Å². The number of carbonyl (C=O) groups excluding carboxylic acids is 2. The molecule has 2 aromatic heterocycles. The Balaban J connectivity index is 1.57. The minimum absolute atomic E-state index is 0.0578. The maximum Gasteiger partial charge on any atom is 0.410 e. The molecular formula is C30H41BrN6O6. The van der Waals surface area contributed by atoms with Gasteiger partial charge in [-0.1, -0.05) is 0 Å². The third-order valence-electron chi connectivity index (χ3n) is 7.39. The first-order valence-corrected chi connectivity index (χ1v) is 15.0. The molecule has 4 rings (SSSR count). The zero-order valence-electron chi connectivity index (χ0n) is 25.8. The number of benzene rings is 1. The molecule has 0 saturated carbocycles.